The van der Waals surface area contributed by atoms with Crippen molar-refractivity contribution < 1.29 is 0 Å². The number of nitrogens with one attached hydrogen (secondary N) is 2. The monoisotopic (exact) mass is 344 g/mol. The van der Waals surface area contributed by atoms with Gasteiger partial charge in [-0.1, -0.05) is 42.5 Å². The number of rotatable bonds is 5. The lowest BCUT2D eigenvalue weighted by Crippen LogP contribution is -2.08. The van der Waals surface area contributed by atoms with Crippen molar-refractivity contribution in [2.45, 2.75) is 26.2 Å². The molecule has 0 bridgehead atoms. The Morgan fingerprint density at radius 1 is 1.04 bits per heavy atom. The van der Waals surface area contributed by atoms with Gasteiger partial charge in [-0.3, -0.25) is 0 Å². The van der Waals surface area contributed by atoms with Crippen molar-refractivity contribution in [3.05, 3.63) is 82.9 Å². The lowest BCUT2D eigenvalue weighted by Gasteiger charge is -2.20. The van der Waals surface area contributed by atoms with E-state index in [2.05, 4.69) is 74.8 Å². The highest BCUT2D eigenvalue weighted by atomic mass is 15.5. The summed E-state index contributed by atoms with van der Waals surface area (Å²) >= 11 is 0. The van der Waals surface area contributed by atoms with Crippen LogP contribution in [0.5, 0.6) is 0 Å². The molecule has 4 aromatic rings. The fourth-order valence-corrected chi connectivity index (χ4v) is 3.31. The summed E-state index contributed by atoms with van der Waals surface area (Å²) in [5.74, 6) is 0.838. The molecule has 0 saturated carbocycles. The largest absolute Gasteiger partial charge is 0.348 e. The van der Waals surface area contributed by atoms with Gasteiger partial charge in [0.2, 0.25) is 5.82 Å². The molecule has 130 valence electrons. The molecule has 0 aliphatic heterocycles. The topological polar surface area (TPSA) is 83.1 Å². The summed E-state index contributed by atoms with van der Waals surface area (Å²) in [5, 5.41) is 14.2. The molecular weight excluding hydrogens is 324 g/mol. The Bertz CT molecular complexity index is 972. The predicted molar refractivity (Wildman–Crippen MR) is 99.7 cm³/mol. The van der Waals surface area contributed by atoms with E-state index in [1.165, 1.54) is 22.3 Å². The Labute approximate surface area is 151 Å². The van der Waals surface area contributed by atoms with Gasteiger partial charge in [0.05, 0.1) is 6.33 Å². The SMILES string of the molecule is Cc1cccc(C(Cc2ccc(-c3nn[nH]n3)cc2)c2cnc[nH]2)c1C. The summed E-state index contributed by atoms with van der Waals surface area (Å²) in [7, 11) is 0. The number of hydrogen-bond donors (Lipinski definition) is 2. The van der Waals surface area contributed by atoms with Crippen LogP contribution in [0.25, 0.3) is 11.4 Å². The Balaban J connectivity index is 1.66. The molecule has 0 radical (unpaired) electrons. The Morgan fingerprint density at radius 3 is 2.58 bits per heavy atom. The highest BCUT2D eigenvalue weighted by molar-refractivity contribution is 5.54. The number of H-pyrrole nitrogens is 2. The van der Waals surface area contributed by atoms with Gasteiger partial charge in [-0.25, -0.2) is 4.98 Å². The van der Waals surface area contributed by atoms with E-state index in [-0.39, 0.29) is 5.92 Å². The van der Waals surface area contributed by atoms with Gasteiger partial charge < -0.3 is 4.98 Å². The second-order valence-corrected chi connectivity index (χ2v) is 6.49. The van der Waals surface area contributed by atoms with Crippen molar-refractivity contribution in [3.8, 4) is 11.4 Å². The summed E-state index contributed by atoms with van der Waals surface area (Å²) in [4.78, 5) is 7.52. The summed E-state index contributed by atoms with van der Waals surface area (Å²) in [6.07, 6.45) is 4.55. The molecule has 2 N–H and O–H groups in total. The van der Waals surface area contributed by atoms with E-state index in [0.29, 0.717) is 5.82 Å². The summed E-state index contributed by atoms with van der Waals surface area (Å²) < 4.78 is 0. The van der Waals surface area contributed by atoms with Crippen LogP contribution in [0.1, 0.15) is 33.9 Å². The number of nitrogens with zero attached hydrogens (tertiary/aromatic N) is 4. The molecule has 2 aromatic carbocycles. The van der Waals surface area contributed by atoms with Crippen LogP contribution >= 0.6 is 0 Å². The maximum absolute atomic E-state index is 4.23. The highest BCUT2D eigenvalue weighted by Crippen LogP contribution is 2.31. The number of aromatic nitrogens is 6. The van der Waals surface area contributed by atoms with E-state index in [4.69, 9.17) is 0 Å². The number of hydrogen-bond acceptors (Lipinski definition) is 4. The van der Waals surface area contributed by atoms with Gasteiger partial charge in [0.25, 0.3) is 0 Å². The molecule has 6 heteroatoms. The smallest absolute Gasteiger partial charge is 0.204 e. The van der Waals surface area contributed by atoms with Crippen LogP contribution in [-0.4, -0.2) is 30.6 Å². The molecule has 6 nitrogen and oxygen atoms in total. The summed E-state index contributed by atoms with van der Waals surface area (Å²) in [5.41, 5.74) is 7.29. The van der Waals surface area contributed by atoms with Crippen molar-refractivity contribution in [2.24, 2.45) is 0 Å². The Kier molecular flexibility index (Phi) is 4.31. The van der Waals surface area contributed by atoms with E-state index >= 15 is 0 Å². The first-order chi connectivity index (χ1) is 12.7. The van der Waals surface area contributed by atoms with E-state index in [1.54, 1.807) is 6.33 Å². The third-order valence-corrected chi connectivity index (χ3v) is 4.91. The fraction of sp³-hybridized carbons (Fsp3) is 0.200. The molecule has 1 unspecified atom stereocenters. The van der Waals surface area contributed by atoms with Gasteiger partial charge in [0.1, 0.15) is 0 Å². The molecule has 2 heterocycles. The van der Waals surface area contributed by atoms with Crippen molar-refractivity contribution in [3.63, 3.8) is 0 Å². The van der Waals surface area contributed by atoms with Gasteiger partial charge in [-0.2, -0.15) is 5.21 Å². The minimum Gasteiger partial charge on any atom is -0.348 e. The molecule has 0 saturated heterocycles. The zero-order valence-electron chi connectivity index (χ0n) is 14.8. The Hall–Kier alpha value is -3.28. The number of aryl methyl sites for hydroxylation is 1. The molecule has 0 aliphatic rings. The standard InChI is InChI=1S/C20H20N6/c1-13-4-3-5-17(14(13)2)18(19-11-21-12-22-19)10-15-6-8-16(9-7-15)20-23-25-26-24-20/h3-9,11-12,18H,10H2,1-2H3,(H,21,22)(H,23,24,25,26). The number of tetrazole rings is 1. The molecule has 1 atom stereocenters. The van der Waals surface area contributed by atoms with Crippen molar-refractivity contribution in [1.82, 2.24) is 30.6 Å². The second kappa shape index (κ2) is 6.92. The van der Waals surface area contributed by atoms with Crippen molar-refractivity contribution >= 4 is 0 Å². The van der Waals surface area contributed by atoms with E-state index < -0.39 is 0 Å². The van der Waals surface area contributed by atoms with Gasteiger partial charge in [0.15, 0.2) is 0 Å². The average Bonchev–Trinajstić information content (AvgIpc) is 3.37. The first kappa shape index (κ1) is 16.2. The van der Waals surface area contributed by atoms with Crippen LogP contribution in [0.4, 0.5) is 0 Å². The lowest BCUT2D eigenvalue weighted by molar-refractivity contribution is 0.773. The van der Waals surface area contributed by atoms with Crippen LogP contribution in [0.15, 0.2) is 55.0 Å². The lowest BCUT2D eigenvalue weighted by atomic mass is 9.85. The predicted octanol–water partition coefficient (Wildman–Crippen LogP) is 3.58. The van der Waals surface area contributed by atoms with E-state index in [9.17, 15) is 0 Å². The van der Waals surface area contributed by atoms with Crippen LogP contribution < -0.4 is 0 Å². The first-order valence-corrected chi connectivity index (χ1v) is 8.59. The molecule has 0 spiro atoms. The molecule has 0 amide bonds. The summed E-state index contributed by atoms with van der Waals surface area (Å²) in [6.45, 7) is 4.34. The van der Waals surface area contributed by atoms with Gasteiger partial charge >= 0.3 is 0 Å². The minimum absolute atomic E-state index is 0.230. The van der Waals surface area contributed by atoms with Crippen molar-refractivity contribution in [2.75, 3.05) is 0 Å². The van der Waals surface area contributed by atoms with Gasteiger partial charge in [-0.15, -0.1) is 10.2 Å². The van der Waals surface area contributed by atoms with Gasteiger partial charge in [0, 0.05) is 23.4 Å². The van der Waals surface area contributed by atoms with Gasteiger partial charge in [-0.05, 0) is 47.7 Å². The zero-order chi connectivity index (χ0) is 17.9. The number of imidazole rings is 1. The summed E-state index contributed by atoms with van der Waals surface area (Å²) in [6, 6.07) is 14.8. The number of aromatic amines is 2. The molecule has 0 fully saturated rings. The zero-order valence-corrected chi connectivity index (χ0v) is 14.8. The fourth-order valence-electron chi connectivity index (χ4n) is 3.31. The minimum atomic E-state index is 0.230. The third-order valence-electron chi connectivity index (χ3n) is 4.91. The van der Waals surface area contributed by atoms with Crippen LogP contribution in [0.3, 0.4) is 0 Å². The van der Waals surface area contributed by atoms with E-state index in [1.807, 2.05) is 18.3 Å². The molecule has 2 aromatic heterocycles. The maximum Gasteiger partial charge on any atom is 0.204 e. The van der Waals surface area contributed by atoms with Crippen molar-refractivity contribution in [1.29, 1.82) is 0 Å². The van der Waals surface area contributed by atoms with Crippen LogP contribution in [-0.2, 0) is 6.42 Å². The quantitative estimate of drug-likeness (QED) is 0.580. The average molecular weight is 344 g/mol. The normalized spacial score (nSPS) is 12.2. The Morgan fingerprint density at radius 2 is 1.88 bits per heavy atom. The second-order valence-electron chi connectivity index (χ2n) is 6.49. The van der Waals surface area contributed by atoms with Crippen LogP contribution in [0, 0.1) is 13.8 Å². The number of benzene rings is 2. The van der Waals surface area contributed by atoms with E-state index in [0.717, 1.165) is 17.7 Å². The molecule has 0 aliphatic carbocycles. The molecule has 4 rings (SSSR count). The third kappa shape index (κ3) is 3.13. The van der Waals surface area contributed by atoms with Crippen LogP contribution in [0.2, 0.25) is 0 Å². The maximum atomic E-state index is 4.23. The highest BCUT2D eigenvalue weighted by Gasteiger charge is 2.19. The first-order valence-electron chi connectivity index (χ1n) is 8.59. The molecule has 26 heavy (non-hydrogen) atoms. The molecular formula is C20H20N6.